The lowest BCUT2D eigenvalue weighted by Gasteiger charge is -2.19. The first-order chi connectivity index (χ1) is 16.0. The van der Waals surface area contributed by atoms with E-state index in [0.717, 1.165) is 5.56 Å². The van der Waals surface area contributed by atoms with Gasteiger partial charge in [-0.2, -0.15) is 0 Å². The minimum absolute atomic E-state index is 0.0798. The van der Waals surface area contributed by atoms with Gasteiger partial charge in [0, 0.05) is 22.5 Å². The second-order valence-electron chi connectivity index (χ2n) is 7.48. The Hall–Kier alpha value is -4.39. The number of anilines is 1. The van der Waals surface area contributed by atoms with E-state index in [4.69, 9.17) is 9.47 Å². The van der Waals surface area contributed by atoms with E-state index < -0.39 is 23.5 Å². The predicted octanol–water partition coefficient (Wildman–Crippen LogP) is 4.38. The Balaban J connectivity index is 1.69. The van der Waals surface area contributed by atoms with Gasteiger partial charge in [0.1, 0.15) is 5.75 Å². The number of aromatic amines is 1. The third-order valence-electron chi connectivity index (χ3n) is 5.15. The summed E-state index contributed by atoms with van der Waals surface area (Å²) in [6.07, 6.45) is -1.25. The van der Waals surface area contributed by atoms with E-state index in [2.05, 4.69) is 10.3 Å². The van der Waals surface area contributed by atoms with Crippen molar-refractivity contribution in [2.24, 2.45) is 0 Å². The lowest BCUT2D eigenvalue weighted by atomic mass is 10.1. The van der Waals surface area contributed by atoms with Gasteiger partial charge in [-0.15, -0.1) is 0 Å². The van der Waals surface area contributed by atoms with Crippen LogP contribution in [0.1, 0.15) is 27.6 Å². The second kappa shape index (κ2) is 9.40. The average molecular weight is 442 g/mol. The van der Waals surface area contributed by atoms with Gasteiger partial charge in [-0.25, -0.2) is 4.79 Å². The Morgan fingerprint density at radius 3 is 2.42 bits per heavy atom. The highest BCUT2D eigenvalue weighted by Crippen LogP contribution is 2.28. The summed E-state index contributed by atoms with van der Waals surface area (Å²) < 4.78 is 11.0. The van der Waals surface area contributed by atoms with Gasteiger partial charge in [-0.1, -0.05) is 54.6 Å². The first kappa shape index (κ1) is 21.8. The molecule has 1 unspecified atom stereocenters. The van der Waals surface area contributed by atoms with Crippen LogP contribution in [0.2, 0.25) is 0 Å². The van der Waals surface area contributed by atoms with Crippen LogP contribution in [0.25, 0.3) is 10.9 Å². The number of rotatable bonds is 6. The average Bonchev–Trinajstić information content (AvgIpc) is 2.82. The number of methoxy groups -OCH3 is 1. The Labute approximate surface area is 190 Å². The van der Waals surface area contributed by atoms with Gasteiger partial charge < -0.3 is 19.8 Å². The summed E-state index contributed by atoms with van der Waals surface area (Å²) in [4.78, 5) is 41.2. The van der Waals surface area contributed by atoms with Crippen molar-refractivity contribution in [2.75, 3.05) is 12.4 Å². The zero-order chi connectivity index (χ0) is 23.4. The van der Waals surface area contributed by atoms with Crippen molar-refractivity contribution in [1.82, 2.24) is 4.98 Å². The molecular weight excluding hydrogens is 420 g/mol. The molecule has 0 aliphatic rings. The van der Waals surface area contributed by atoms with E-state index in [-0.39, 0.29) is 5.56 Å². The monoisotopic (exact) mass is 442 g/mol. The Kier molecular flexibility index (Phi) is 6.22. The summed E-state index contributed by atoms with van der Waals surface area (Å²) >= 11 is 0. The molecule has 1 atom stereocenters. The van der Waals surface area contributed by atoms with E-state index in [0.29, 0.717) is 27.9 Å². The summed E-state index contributed by atoms with van der Waals surface area (Å²) in [5.74, 6) is -0.849. The zero-order valence-corrected chi connectivity index (χ0v) is 18.1. The summed E-state index contributed by atoms with van der Waals surface area (Å²) in [5.41, 5.74) is 2.02. The van der Waals surface area contributed by atoms with Crippen LogP contribution in [0.3, 0.4) is 0 Å². The number of esters is 1. The number of carbonyl (C=O) groups is 2. The number of para-hydroxylation sites is 1. The van der Waals surface area contributed by atoms with Gasteiger partial charge in [-0.3, -0.25) is 9.59 Å². The molecule has 1 amide bonds. The molecule has 3 aromatic carbocycles. The molecule has 0 bridgehead atoms. The van der Waals surface area contributed by atoms with Crippen molar-refractivity contribution >= 4 is 28.5 Å². The number of benzene rings is 3. The minimum Gasteiger partial charge on any atom is -0.495 e. The van der Waals surface area contributed by atoms with Crippen LogP contribution in [0.15, 0.2) is 83.7 Å². The van der Waals surface area contributed by atoms with Gasteiger partial charge in [0.25, 0.3) is 5.91 Å². The molecule has 166 valence electrons. The molecule has 4 aromatic rings. The van der Waals surface area contributed by atoms with Gasteiger partial charge >= 0.3 is 5.97 Å². The fourth-order valence-corrected chi connectivity index (χ4v) is 3.56. The van der Waals surface area contributed by atoms with Crippen LogP contribution in [-0.2, 0) is 9.53 Å². The maximum atomic E-state index is 13.3. The standard InChI is InChI=1S/C26H22N2O5/c1-16-12-13-22(32-2)21(14-16)28-25(30)24(17-8-4-3-5-9-17)33-26(31)19-15-23(29)27-20-11-7-6-10-18(19)20/h3-15,24H,1-2H3,(H,27,29)(H,28,30). The lowest BCUT2D eigenvalue weighted by Crippen LogP contribution is -2.26. The first-order valence-electron chi connectivity index (χ1n) is 10.3. The van der Waals surface area contributed by atoms with Crippen molar-refractivity contribution in [3.63, 3.8) is 0 Å². The van der Waals surface area contributed by atoms with Crippen molar-refractivity contribution in [3.8, 4) is 5.75 Å². The molecule has 0 radical (unpaired) electrons. The largest absolute Gasteiger partial charge is 0.495 e. The van der Waals surface area contributed by atoms with Crippen molar-refractivity contribution in [1.29, 1.82) is 0 Å². The Morgan fingerprint density at radius 2 is 1.67 bits per heavy atom. The molecule has 0 saturated carbocycles. The van der Waals surface area contributed by atoms with Crippen LogP contribution in [0, 0.1) is 6.92 Å². The molecule has 0 aliphatic heterocycles. The highest BCUT2D eigenvalue weighted by molar-refractivity contribution is 6.05. The molecule has 7 nitrogen and oxygen atoms in total. The Morgan fingerprint density at radius 1 is 0.939 bits per heavy atom. The van der Waals surface area contributed by atoms with E-state index in [9.17, 15) is 14.4 Å². The molecule has 0 spiro atoms. The van der Waals surface area contributed by atoms with Crippen molar-refractivity contribution < 1.29 is 19.1 Å². The van der Waals surface area contributed by atoms with E-state index in [1.807, 2.05) is 13.0 Å². The summed E-state index contributed by atoms with van der Waals surface area (Å²) in [6.45, 7) is 1.89. The van der Waals surface area contributed by atoms with Gasteiger partial charge in [0.2, 0.25) is 11.7 Å². The number of fused-ring (bicyclic) bond motifs is 1. The number of aryl methyl sites for hydroxylation is 1. The maximum Gasteiger partial charge on any atom is 0.340 e. The van der Waals surface area contributed by atoms with E-state index >= 15 is 0 Å². The van der Waals surface area contributed by atoms with Gasteiger partial charge in [0.15, 0.2) is 0 Å². The van der Waals surface area contributed by atoms with E-state index in [1.165, 1.54) is 13.2 Å². The molecule has 33 heavy (non-hydrogen) atoms. The number of carbonyl (C=O) groups excluding carboxylic acids is 2. The van der Waals surface area contributed by atoms with Crippen LogP contribution in [0.5, 0.6) is 5.75 Å². The third-order valence-corrected chi connectivity index (χ3v) is 5.15. The molecule has 4 rings (SSSR count). The molecule has 1 aromatic heterocycles. The van der Waals surface area contributed by atoms with Crippen molar-refractivity contribution in [2.45, 2.75) is 13.0 Å². The Bertz CT molecular complexity index is 1380. The number of aromatic nitrogens is 1. The fraction of sp³-hybridized carbons (Fsp3) is 0.115. The highest BCUT2D eigenvalue weighted by atomic mass is 16.5. The lowest BCUT2D eigenvalue weighted by molar-refractivity contribution is -0.125. The number of pyridine rings is 1. The van der Waals surface area contributed by atoms with Crippen LogP contribution >= 0.6 is 0 Å². The quantitative estimate of drug-likeness (QED) is 0.432. The summed E-state index contributed by atoms with van der Waals surface area (Å²) in [5, 5.41) is 3.32. The molecule has 2 N–H and O–H groups in total. The number of hydrogen-bond donors (Lipinski definition) is 2. The van der Waals surface area contributed by atoms with Crippen LogP contribution < -0.4 is 15.6 Å². The van der Waals surface area contributed by atoms with Gasteiger partial charge in [-0.05, 0) is 30.7 Å². The molecule has 0 aliphatic carbocycles. The number of ether oxygens (including phenoxy) is 2. The molecule has 0 fully saturated rings. The topological polar surface area (TPSA) is 97.5 Å². The number of amides is 1. The van der Waals surface area contributed by atoms with E-state index in [1.54, 1.807) is 66.7 Å². The zero-order valence-electron chi connectivity index (χ0n) is 18.1. The second-order valence-corrected chi connectivity index (χ2v) is 7.48. The summed E-state index contributed by atoms with van der Waals surface area (Å²) in [7, 11) is 1.51. The minimum atomic E-state index is -1.25. The molecule has 0 saturated heterocycles. The highest BCUT2D eigenvalue weighted by Gasteiger charge is 2.27. The maximum absolute atomic E-state index is 13.3. The predicted molar refractivity (Wildman–Crippen MR) is 126 cm³/mol. The summed E-state index contributed by atoms with van der Waals surface area (Å²) in [6, 6.07) is 22.1. The van der Waals surface area contributed by atoms with Crippen LogP contribution in [0.4, 0.5) is 5.69 Å². The van der Waals surface area contributed by atoms with Gasteiger partial charge in [0.05, 0.1) is 18.4 Å². The fourth-order valence-electron chi connectivity index (χ4n) is 3.56. The normalized spacial score (nSPS) is 11.6. The smallest absolute Gasteiger partial charge is 0.340 e. The molecular formula is C26H22N2O5. The third kappa shape index (κ3) is 4.77. The number of hydrogen-bond acceptors (Lipinski definition) is 5. The molecule has 7 heteroatoms. The SMILES string of the molecule is COc1ccc(C)cc1NC(=O)C(OC(=O)c1cc(=O)[nH]c2ccccc12)c1ccccc1. The van der Waals surface area contributed by atoms with Crippen LogP contribution in [-0.4, -0.2) is 24.0 Å². The van der Waals surface area contributed by atoms with Crippen molar-refractivity contribution in [3.05, 3.63) is 106 Å². The number of H-pyrrole nitrogens is 1. The first-order valence-corrected chi connectivity index (χ1v) is 10.3. The number of nitrogens with one attached hydrogen (secondary N) is 2. The molecule has 1 heterocycles.